The van der Waals surface area contributed by atoms with Crippen molar-refractivity contribution >= 4 is 44.3 Å². The molecule has 0 saturated carbocycles. The standard InChI is InChI=1S/C9H14BrNO3S/c1-9(2,3)15-8(13)7(11-14-4)6(12)5-10/h5H2,1-4H3. The van der Waals surface area contributed by atoms with Crippen LogP contribution in [0.2, 0.25) is 0 Å². The maximum atomic E-state index is 11.7. The van der Waals surface area contributed by atoms with Gasteiger partial charge in [-0.3, -0.25) is 9.59 Å². The van der Waals surface area contributed by atoms with Gasteiger partial charge in [-0.2, -0.15) is 0 Å². The molecule has 0 saturated heterocycles. The highest BCUT2D eigenvalue weighted by molar-refractivity contribution is 9.09. The average molecular weight is 296 g/mol. The van der Waals surface area contributed by atoms with Crippen LogP contribution in [0.4, 0.5) is 0 Å². The van der Waals surface area contributed by atoms with E-state index in [-0.39, 0.29) is 26.7 Å². The third kappa shape index (κ3) is 5.94. The van der Waals surface area contributed by atoms with Crippen LogP contribution >= 0.6 is 27.7 Å². The lowest BCUT2D eigenvalue weighted by molar-refractivity contribution is -0.112. The minimum atomic E-state index is -0.376. The summed E-state index contributed by atoms with van der Waals surface area (Å²) in [5, 5.41) is 3.14. The molecule has 0 heterocycles. The number of oxime groups is 1. The van der Waals surface area contributed by atoms with Gasteiger partial charge in [-0.1, -0.05) is 53.6 Å². The van der Waals surface area contributed by atoms with Gasteiger partial charge in [-0.25, -0.2) is 0 Å². The Kier molecular flexibility index (Phi) is 6.12. The predicted molar refractivity (Wildman–Crippen MR) is 65.6 cm³/mol. The van der Waals surface area contributed by atoms with E-state index < -0.39 is 0 Å². The number of Topliss-reactive ketones (excluding diaryl/α,β-unsaturated/α-hetero) is 1. The Morgan fingerprint density at radius 3 is 2.27 bits per heavy atom. The van der Waals surface area contributed by atoms with Crippen LogP contribution in [-0.4, -0.2) is 33.8 Å². The van der Waals surface area contributed by atoms with Gasteiger partial charge in [0.2, 0.25) is 10.8 Å². The molecule has 0 fully saturated rings. The smallest absolute Gasteiger partial charge is 0.245 e. The number of halogens is 1. The summed E-state index contributed by atoms with van der Waals surface area (Å²) >= 11 is 4.04. The highest BCUT2D eigenvalue weighted by Crippen LogP contribution is 2.24. The van der Waals surface area contributed by atoms with Crippen LogP contribution in [-0.2, 0) is 14.4 Å². The fraction of sp³-hybridized carbons (Fsp3) is 0.667. The van der Waals surface area contributed by atoms with Gasteiger partial charge in [0, 0.05) is 4.75 Å². The summed E-state index contributed by atoms with van der Waals surface area (Å²) in [5.41, 5.74) is -0.158. The van der Waals surface area contributed by atoms with Gasteiger partial charge in [-0.15, -0.1) is 0 Å². The highest BCUT2D eigenvalue weighted by Gasteiger charge is 2.26. The first-order valence-corrected chi connectivity index (χ1v) is 6.19. The van der Waals surface area contributed by atoms with E-state index in [2.05, 4.69) is 25.9 Å². The largest absolute Gasteiger partial charge is 0.398 e. The van der Waals surface area contributed by atoms with E-state index in [0.29, 0.717) is 0 Å². The molecule has 6 heteroatoms. The van der Waals surface area contributed by atoms with Crippen molar-refractivity contribution in [3.63, 3.8) is 0 Å². The van der Waals surface area contributed by atoms with Gasteiger partial charge < -0.3 is 4.84 Å². The second kappa shape index (κ2) is 6.27. The molecule has 0 atom stereocenters. The fourth-order valence-corrected chi connectivity index (χ4v) is 1.75. The zero-order chi connectivity index (χ0) is 12.1. The molecule has 0 aromatic carbocycles. The molecule has 0 aromatic heterocycles. The van der Waals surface area contributed by atoms with Crippen molar-refractivity contribution in [3.05, 3.63) is 0 Å². The van der Waals surface area contributed by atoms with Gasteiger partial charge in [0.15, 0.2) is 5.78 Å². The number of carbonyl (C=O) groups excluding carboxylic acids is 2. The van der Waals surface area contributed by atoms with Crippen molar-refractivity contribution in [1.82, 2.24) is 0 Å². The molecule has 4 nitrogen and oxygen atoms in total. The Hall–Kier alpha value is -0.360. The van der Waals surface area contributed by atoms with Gasteiger partial charge in [0.25, 0.3) is 0 Å². The third-order valence-electron chi connectivity index (χ3n) is 1.16. The average Bonchev–Trinajstić information content (AvgIpc) is 2.10. The Labute approximate surface area is 102 Å². The van der Waals surface area contributed by atoms with Crippen LogP contribution in [0.1, 0.15) is 20.8 Å². The molecule has 0 spiro atoms. The van der Waals surface area contributed by atoms with Gasteiger partial charge in [0.05, 0.1) is 5.33 Å². The van der Waals surface area contributed by atoms with E-state index >= 15 is 0 Å². The molecule has 0 aliphatic rings. The normalized spacial score (nSPS) is 12.5. The van der Waals surface area contributed by atoms with Crippen molar-refractivity contribution in [1.29, 1.82) is 0 Å². The lowest BCUT2D eigenvalue weighted by atomic mass is 10.3. The minimum absolute atomic E-state index is 0.0611. The summed E-state index contributed by atoms with van der Waals surface area (Å²) in [6.07, 6.45) is 0. The predicted octanol–water partition coefficient (Wildman–Crippen LogP) is 2.01. The molecular formula is C9H14BrNO3S. The number of thioether (sulfide) groups is 1. The molecule has 0 aliphatic carbocycles. The molecule has 0 rings (SSSR count). The summed E-state index contributed by atoms with van der Waals surface area (Å²) in [6, 6.07) is 0. The van der Waals surface area contributed by atoms with Crippen LogP contribution in [0, 0.1) is 0 Å². The second-order valence-corrected chi connectivity index (χ2v) is 6.04. The molecule has 0 amide bonds. The number of rotatable bonds is 4. The molecule has 0 N–H and O–H groups in total. The maximum Gasteiger partial charge on any atom is 0.245 e. The molecule has 0 aliphatic heterocycles. The van der Waals surface area contributed by atoms with Crippen LogP contribution in [0.25, 0.3) is 0 Å². The van der Waals surface area contributed by atoms with Crippen molar-refractivity contribution < 1.29 is 14.4 Å². The Bertz CT molecular complexity index is 284. The van der Waals surface area contributed by atoms with Crippen molar-refractivity contribution in [2.75, 3.05) is 12.4 Å². The van der Waals surface area contributed by atoms with Crippen molar-refractivity contribution in [2.24, 2.45) is 5.16 Å². The minimum Gasteiger partial charge on any atom is -0.398 e. The van der Waals surface area contributed by atoms with Gasteiger partial charge >= 0.3 is 0 Å². The zero-order valence-electron chi connectivity index (χ0n) is 9.17. The Balaban J connectivity index is 4.74. The molecule has 0 radical (unpaired) electrons. The third-order valence-corrected chi connectivity index (χ3v) is 2.66. The van der Waals surface area contributed by atoms with Crippen molar-refractivity contribution in [2.45, 2.75) is 25.5 Å². The topological polar surface area (TPSA) is 55.7 Å². The maximum absolute atomic E-state index is 11.7. The quantitative estimate of drug-likeness (QED) is 0.345. The van der Waals surface area contributed by atoms with Crippen LogP contribution in [0.15, 0.2) is 5.16 Å². The lowest BCUT2D eigenvalue weighted by Gasteiger charge is -2.15. The van der Waals surface area contributed by atoms with Crippen LogP contribution < -0.4 is 0 Å². The molecule has 86 valence electrons. The second-order valence-electron chi connectivity index (χ2n) is 3.68. The number of alkyl halides is 1. The summed E-state index contributed by atoms with van der Waals surface area (Å²) in [5.74, 6) is -0.376. The summed E-state index contributed by atoms with van der Waals surface area (Å²) in [4.78, 5) is 27.5. The molecule has 0 unspecified atom stereocenters. The van der Waals surface area contributed by atoms with E-state index in [1.165, 1.54) is 7.11 Å². The zero-order valence-corrected chi connectivity index (χ0v) is 11.6. The van der Waals surface area contributed by atoms with E-state index in [9.17, 15) is 9.59 Å². The highest BCUT2D eigenvalue weighted by atomic mass is 79.9. The first-order valence-electron chi connectivity index (χ1n) is 4.25. The Morgan fingerprint density at radius 2 is 1.93 bits per heavy atom. The van der Waals surface area contributed by atoms with E-state index in [1.807, 2.05) is 20.8 Å². The fourth-order valence-electron chi connectivity index (χ4n) is 0.683. The molecular weight excluding hydrogens is 282 g/mol. The van der Waals surface area contributed by atoms with Crippen molar-refractivity contribution in [3.8, 4) is 0 Å². The number of hydrogen-bond acceptors (Lipinski definition) is 5. The van der Waals surface area contributed by atoms with Crippen LogP contribution in [0.5, 0.6) is 0 Å². The SMILES string of the molecule is CON=C(C(=O)CBr)C(=O)SC(C)(C)C. The lowest BCUT2D eigenvalue weighted by Crippen LogP contribution is -2.26. The number of ketones is 1. The monoisotopic (exact) mass is 295 g/mol. The number of hydrogen-bond donors (Lipinski definition) is 0. The Morgan fingerprint density at radius 1 is 1.40 bits per heavy atom. The first kappa shape index (κ1) is 14.6. The van der Waals surface area contributed by atoms with Gasteiger partial charge in [0.1, 0.15) is 7.11 Å². The van der Waals surface area contributed by atoms with Crippen LogP contribution in [0.3, 0.4) is 0 Å². The number of carbonyl (C=O) groups is 2. The summed E-state index contributed by atoms with van der Waals surface area (Å²) in [7, 11) is 1.30. The first-order chi connectivity index (χ1) is 6.81. The number of nitrogens with zero attached hydrogens (tertiary/aromatic N) is 1. The molecule has 0 bridgehead atoms. The van der Waals surface area contributed by atoms with E-state index in [4.69, 9.17) is 0 Å². The molecule has 0 aromatic rings. The molecule has 15 heavy (non-hydrogen) atoms. The summed E-state index contributed by atoms with van der Waals surface area (Å²) < 4.78 is -0.252. The van der Waals surface area contributed by atoms with Gasteiger partial charge in [-0.05, 0) is 0 Å². The summed E-state index contributed by atoms with van der Waals surface area (Å²) in [6.45, 7) is 5.66. The van der Waals surface area contributed by atoms with E-state index in [1.54, 1.807) is 0 Å². The van der Waals surface area contributed by atoms with E-state index in [0.717, 1.165) is 11.8 Å².